The predicted molar refractivity (Wildman–Crippen MR) is 63.5 cm³/mol. The molecule has 6 heteroatoms. The van der Waals surface area contributed by atoms with Crippen LogP contribution in [0.15, 0.2) is 33.5 Å². The summed E-state index contributed by atoms with van der Waals surface area (Å²) in [7, 11) is 0. The first-order valence-corrected chi connectivity index (χ1v) is 5.52. The van der Waals surface area contributed by atoms with Crippen molar-refractivity contribution in [2.45, 2.75) is 19.6 Å². The van der Waals surface area contributed by atoms with Gasteiger partial charge in [0.15, 0.2) is 11.7 Å². The molecule has 1 atom stereocenters. The Hall–Kier alpha value is -2.08. The Balaban J connectivity index is 2.10. The number of hydrogen-bond donors (Lipinski definition) is 1. The second-order valence-electron chi connectivity index (χ2n) is 3.84. The Morgan fingerprint density at radius 1 is 1.50 bits per heavy atom. The van der Waals surface area contributed by atoms with Crippen LogP contribution in [0.25, 0.3) is 11.1 Å². The number of hydrogen-bond acceptors (Lipinski definition) is 4. The highest BCUT2D eigenvalue weighted by Gasteiger charge is 2.12. The van der Waals surface area contributed by atoms with Crippen LogP contribution in [0.1, 0.15) is 6.92 Å². The summed E-state index contributed by atoms with van der Waals surface area (Å²) < 4.78 is 11.5. The molecule has 96 valence electrons. The van der Waals surface area contributed by atoms with Crippen LogP contribution in [0.4, 0.5) is 0 Å². The van der Waals surface area contributed by atoms with Crippen LogP contribution in [-0.4, -0.2) is 28.4 Å². The number of ether oxygens (including phenoxy) is 1. The minimum absolute atomic E-state index is 0.136. The van der Waals surface area contributed by atoms with Gasteiger partial charge in [-0.1, -0.05) is 12.1 Å². The number of nitrogens with zero attached hydrogens (tertiary/aromatic N) is 1. The van der Waals surface area contributed by atoms with E-state index in [1.54, 1.807) is 24.3 Å². The molecule has 2 aromatic rings. The molecule has 0 saturated heterocycles. The zero-order valence-corrected chi connectivity index (χ0v) is 9.83. The summed E-state index contributed by atoms with van der Waals surface area (Å²) in [6, 6.07) is 7.04. The van der Waals surface area contributed by atoms with Crippen molar-refractivity contribution in [3.63, 3.8) is 0 Å². The first-order chi connectivity index (χ1) is 8.59. The topological polar surface area (TPSA) is 81.7 Å². The fourth-order valence-electron chi connectivity index (χ4n) is 1.62. The lowest BCUT2D eigenvalue weighted by Gasteiger charge is -2.08. The molecule has 0 spiro atoms. The smallest absolute Gasteiger partial charge is 0.420 e. The van der Waals surface area contributed by atoms with Crippen LogP contribution < -0.4 is 5.76 Å². The first kappa shape index (κ1) is 12.4. The van der Waals surface area contributed by atoms with E-state index in [-0.39, 0.29) is 13.2 Å². The van der Waals surface area contributed by atoms with Gasteiger partial charge >= 0.3 is 11.7 Å². The Morgan fingerprint density at radius 3 is 2.94 bits per heavy atom. The van der Waals surface area contributed by atoms with E-state index >= 15 is 0 Å². The second-order valence-corrected chi connectivity index (χ2v) is 3.84. The molecule has 0 fully saturated rings. The molecule has 18 heavy (non-hydrogen) atoms. The Kier molecular flexibility index (Phi) is 3.47. The molecule has 0 unspecified atom stereocenters. The largest absolute Gasteiger partial charge is 0.479 e. The van der Waals surface area contributed by atoms with Gasteiger partial charge in [-0.15, -0.1) is 0 Å². The number of fused-ring (bicyclic) bond motifs is 1. The molecular weight excluding hydrogens is 238 g/mol. The summed E-state index contributed by atoms with van der Waals surface area (Å²) in [5.41, 5.74) is 1.18. The number of para-hydroxylation sites is 2. The summed E-state index contributed by atoms with van der Waals surface area (Å²) in [4.78, 5) is 22.1. The third-order valence-corrected chi connectivity index (χ3v) is 2.60. The maximum Gasteiger partial charge on any atom is 0.420 e. The van der Waals surface area contributed by atoms with Gasteiger partial charge in [-0.2, -0.15) is 0 Å². The summed E-state index contributed by atoms with van der Waals surface area (Å²) in [6.07, 6.45) is -0.890. The summed E-state index contributed by atoms with van der Waals surface area (Å²) in [5.74, 6) is -1.50. The minimum Gasteiger partial charge on any atom is -0.479 e. The molecule has 1 aromatic heterocycles. The lowest BCUT2D eigenvalue weighted by Crippen LogP contribution is -2.24. The van der Waals surface area contributed by atoms with E-state index < -0.39 is 17.8 Å². The van der Waals surface area contributed by atoms with Crippen LogP contribution in [0.3, 0.4) is 0 Å². The monoisotopic (exact) mass is 251 g/mol. The molecule has 1 N–H and O–H groups in total. The number of oxazole rings is 1. The number of aliphatic carboxylic acids is 1. The van der Waals surface area contributed by atoms with Gasteiger partial charge in [0.1, 0.15) is 0 Å². The van der Waals surface area contributed by atoms with E-state index in [0.29, 0.717) is 11.1 Å². The van der Waals surface area contributed by atoms with Crippen molar-refractivity contribution >= 4 is 17.1 Å². The van der Waals surface area contributed by atoms with Crippen molar-refractivity contribution in [1.29, 1.82) is 0 Å². The summed E-state index contributed by atoms with van der Waals surface area (Å²) >= 11 is 0. The number of carboxylic acids is 1. The van der Waals surface area contributed by atoms with Gasteiger partial charge in [-0.05, 0) is 19.1 Å². The number of rotatable bonds is 5. The Morgan fingerprint density at radius 2 is 2.22 bits per heavy atom. The maximum absolute atomic E-state index is 11.6. The highest BCUT2D eigenvalue weighted by Crippen LogP contribution is 2.11. The van der Waals surface area contributed by atoms with Gasteiger partial charge in [-0.25, -0.2) is 9.59 Å². The van der Waals surface area contributed by atoms with Gasteiger partial charge < -0.3 is 14.3 Å². The summed E-state index contributed by atoms with van der Waals surface area (Å²) in [5, 5.41) is 8.65. The lowest BCUT2D eigenvalue weighted by molar-refractivity contribution is -0.149. The van der Waals surface area contributed by atoms with Gasteiger partial charge in [0.05, 0.1) is 18.7 Å². The molecule has 0 saturated carbocycles. The van der Waals surface area contributed by atoms with Gasteiger partial charge in [-0.3, -0.25) is 4.57 Å². The molecule has 0 aliphatic rings. The molecular formula is C12H13NO5. The van der Waals surface area contributed by atoms with Crippen LogP contribution in [0.5, 0.6) is 0 Å². The summed E-state index contributed by atoms with van der Waals surface area (Å²) in [6.45, 7) is 1.84. The number of benzene rings is 1. The third kappa shape index (κ3) is 2.43. The SMILES string of the molecule is C[C@H](OCCn1c(=O)oc2ccccc21)C(=O)O. The molecule has 0 aliphatic heterocycles. The van der Waals surface area contributed by atoms with E-state index in [0.717, 1.165) is 0 Å². The fraction of sp³-hybridized carbons (Fsp3) is 0.333. The molecule has 1 aromatic carbocycles. The van der Waals surface area contributed by atoms with E-state index in [1.165, 1.54) is 11.5 Å². The average molecular weight is 251 g/mol. The van der Waals surface area contributed by atoms with Crippen LogP contribution in [0.2, 0.25) is 0 Å². The average Bonchev–Trinajstić information content (AvgIpc) is 2.65. The number of aromatic nitrogens is 1. The fourth-order valence-corrected chi connectivity index (χ4v) is 1.62. The Bertz CT molecular complexity index is 612. The van der Waals surface area contributed by atoms with Crippen molar-refractivity contribution in [3.8, 4) is 0 Å². The zero-order chi connectivity index (χ0) is 13.1. The van der Waals surface area contributed by atoms with Crippen molar-refractivity contribution in [2.75, 3.05) is 6.61 Å². The normalized spacial score (nSPS) is 12.7. The van der Waals surface area contributed by atoms with E-state index in [4.69, 9.17) is 14.3 Å². The van der Waals surface area contributed by atoms with E-state index in [1.807, 2.05) is 0 Å². The van der Waals surface area contributed by atoms with Crippen molar-refractivity contribution < 1.29 is 19.1 Å². The highest BCUT2D eigenvalue weighted by atomic mass is 16.5. The number of carbonyl (C=O) groups is 1. The van der Waals surface area contributed by atoms with Crippen LogP contribution >= 0.6 is 0 Å². The van der Waals surface area contributed by atoms with E-state index in [9.17, 15) is 9.59 Å². The van der Waals surface area contributed by atoms with Crippen molar-refractivity contribution in [2.24, 2.45) is 0 Å². The zero-order valence-electron chi connectivity index (χ0n) is 9.83. The molecule has 0 aliphatic carbocycles. The van der Waals surface area contributed by atoms with E-state index in [2.05, 4.69) is 0 Å². The highest BCUT2D eigenvalue weighted by molar-refractivity contribution is 5.72. The first-order valence-electron chi connectivity index (χ1n) is 5.52. The predicted octanol–water partition coefficient (Wildman–Crippen LogP) is 1.08. The van der Waals surface area contributed by atoms with Crippen LogP contribution in [0, 0.1) is 0 Å². The standard InChI is InChI=1S/C12H13NO5/c1-8(11(14)15)17-7-6-13-9-4-2-3-5-10(9)18-12(13)16/h2-5,8H,6-7H2,1H3,(H,14,15)/t8-/m0/s1. The molecule has 2 rings (SSSR count). The molecule has 0 bridgehead atoms. The van der Waals surface area contributed by atoms with Crippen molar-refractivity contribution in [3.05, 3.63) is 34.8 Å². The van der Waals surface area contributed by atoms with Gasteiger partial charge in [0.2, 0.25) is 0 Å². The lowest BCUT2D eigenvalue weighted by atomic mass is 10.3. The third-order valence-electron chi connectivity index (χ3n) is 2.60. The molecule has 6 nitrogen and oxygen atoms in total. The minimum atomic E-state index is -1.03. The van der Waals surface area contributed by atoms with Crippen molar-refractivity contribution in [1.82, 2.24) is 4.57 Å². The number of carboxylic acid groups (broad SMARTS) is 1. The Labute approximate surface area is 102 Å². The molecule has 1 heterocycles. The molecule has 0 amide bonds. The van der Waals surface area contributed by atoms with Crippen LogP contribution in [-0.2, 0) is 16.1 Å². The maximum atomic E-state index is 11.6. The molecule has 0 radical (unpaired) electrons. The van der Waals surface area contributed by atoms with Gasteiger partial charge in [0, 0.05) is 0 Å². The second kappa shape index (κ2) is 5.05. The van der Waals surface area contributed by atoms with Gasteiger partial charge in [0.25, 0.3) is 0 Å². The quantitative estimate of drug-likeness (QED) is 0.860.